The van der Waals surface area contributed by atoms with Crippen LogP contribution >= 0.6 is 0 Å². The average molecular weight is 257 g/mol. The SMILES string of the molecule is COC(=O)c1ccc(-c2ccc3c(c2)OCO3)cn1. The van der Waals surface area contributed by atoms with Crippen LogP contribution in [0.3, 0.4) is 0 Å². The molecule has 96 valence electrons. The van der Waals surface area contributed by atoms with Gasteiger partial charge in [-0.05, 0) is 23.8 Å². The summed E-state index contributed by atoms with van der Waals surface area (Å²) in [4.78, 5) is 15.4. The molecule has 1 aromatic carbocycles. The summed E-state index contributed by atoms with van der Waals surface area (Å²) in [5.74, 6) is 1.01. The zero-order valence-electron chi connectivity index (χ0n) is 10.3. The van der Waals surface area contributed by atoms with E-state index >= 15 is 0 Å². The highest BCUT2D eigenvalue weighted by atomic mass is 16.7. The van der Waals surface area contributed by atoms with Crippen molar-refractivity contribution in [3.8, 4) is 22.6 Å². The molecule has 5 heteroatoms. The number of pyridine rings is 1. The first-order valence-corrected chi connectivity index (χ1v) is 5.72. The molecule has 0 unspecified atom stereocenters. The molecule has 0 fully saturated rings. The summed E-state index contributed by atoms with van der Waals surface area (Å²) in [5.41, 5.74) is 2.13. The molecule has 0 atom stereocenters. The molecule has 1 aliphatic heterocycles. The fraction of sp³-hybridized carbons (Fsp3) is 0.143. The minimum atomic E-state index is -0.447. The van der Waals surface area contributed by atoms with Crippen LogP contribution in [0.5, 0.6) is 11.5 Å². The smallest absolute Gasteiger partial charge is 0.356 e. The number of nitrogens with zero attached hydrogens (tertiary/aromatic N) is 1. The quantitative estimate of drug-likeness (QED) is 0.772. The van der Waals surface area contributed by atoms with Gasteiger partial charge >= 0.3 is 5.97 Å². The van der Waals surface area contributed by atoms with Crippen LogP contribution < -0.4 is 9.47 Å². The molecular weight excluding hydrogens is 246 g/mol. The number of esters is 1. The van der Waals surface area contributed by atoms with Crippen LogP contribution in [0, 0.1) is 0 Å². The zero-order chi connectivity index (χ0) is 13.2. The Bertz CT molecular complexity index is 622. The van der Waals surface area contributed by atoms with Gasteiger partial charge in [-0.2, -0.15) is 0 Å². The van der Waals surface area contributed by atoms with Gasteiger partial charge in [-0.25, -0.2) is 9.78 Å². The van der Waals surface area contributed by atoms with Gasteiger partial charge in [0, 0.05) is 11.8 Å². The highest BCUT2D eigenvalue weighted by molar-refractivity contribution is 5.87. The zero-order valence-corrected chi connectivity index (χ0v) is 10.3. The molecule has 0 bridgehead atoms. The molecule has 2 aromatic rings. The summed E-state index contributed by atoms with van der Waals surface area (Å²) in [7, 11) is 1.33. The van der Waals surface area contributed by atoms with Crippen LogP contribution in [-0.4, -0.2) is 24.9 Å². The van der Waals surface area contributed by atoms with Crippen molar-refractivity contribution in [2.24, 2.45) is 0 Å². The van der Waals surface area contributed by atoms with Gasteiger partial charge in [-0.1, -0.05) is 12.1 Å². The van der Waals surface area contributed by atoms with Gasteiger partial charge in [-0.15, -0.1) is 0 Å². The number of methoxy groups -OCH3 is 1. The average Bonchev–Trinajstić information content (AvgIpc) is 2.94. The van der Waals surface area contributed by atoms with E-state index in [0.717, 1.165) is 22.6 Å². The summed E-state index contributed by atoms with van der Waals surface area (Å²) in [6.45, 7) is 0.248. The second-order valence-corrected chi connectivity index (χ2v) is 3.99. The largest absolute Gasteiger partial charge is 0.464 e. The third kappa shape index (κ3) is 2.10. The van der Waals surface area contributed by atoms with Gasteiger partial charge in [0.05, 0.1) is 7.11 Å². The Morgan fingerprint density at radius 3 is 2.68 bits per heavy atom. The van der Waals surface area contributed by atoms with Crippen LogP contribution in [-0.2, 0) is 4.74 Å². The van der Waals surface area contributed by atoms with E-state index in [2.05, 4.69) is 9.72 Å². The minimum absolute atomic E-state index is 0.248. The van der Waals surface area contributed by atoms with Crippen LogP contribution in [0.4, 0.5) is 0 Å². The Labute approximate surface area is 109 Å². The lowest BCUT2D eigenvalue weighted by Gasteiger charge is -2.04. The number of benzene rings is 1. The van der Waals surface area contributed by atoms with E-state index in [1.165, 1.54) is 7.11 Å². The first-order valence-electron chi connectivity index (χ1n) is 5.72. The lowest BCUT2D eigenvalue weighted by Crippen LogP contribution is -2.03. The van der Waals surface area contributed by atoms with Crippen LogP contribution in [0.1, 0.15) is 10.5 Å². The lowest BCUT2D eigenvalue weighted by atomic mass is 10.1. The van der Waals surface area contributed by atoms with E-state index in [-0.39, 0.29) is 12.5 Å². The predicted octanol–water partition coefficient (Wildman–Crippen LogP) is 2.26. The lowest BCUT2D eigenvalue weighted by molar-refractivity contribution is 0.0594. The number of carbonyl (C=O) groups is 1. The van der Waals surface area contributed by atoms with Crippen LogP contribution in [0.25, 0.3) is 11.1 Å². The van der Waals surface area contributed by atoms with Gasteiger partial charge < -0.3 is 14.2 Å². The highest BCUT2D eigenvalue weighted by Crippen LogP contribution is 2.35. The maximum absolute atomic E-state index is 11.3. The van der Waals surface area contributed by atoms with E-state index in [1.807, 2.05) is 24.3 Å². The highest BCUT2D eigenvalue weighted by Gasteiger charge is 2.14. The molecule has 0 aliphatic carbocycles. The van der Waals surface area contributed by atoms with E-state index in [0.29, 0.717) is 0 Å². The molecule has 0 spiro atoms. The van der Waals surface area contributed by atoms with E-state index in [4.69, 9.17) is 9.47 Å². The third-order valence-corrected chi connectivity index (χ3v) is 2.86. The molecule has 0 amide bonds. The summed E-state index contributed by atoms with van der Waals surface area (Å²) in [5, 5.41) is 0. The van der Waals surface area contributed by atoms with Crippen molar-refractivity contribution >= 4 is 5.97 Å². The Morgan fingerprint density at radius 1 is 1.16 bits per heavy atom. The molecule has 2 heterocycles. The molecule has 1 aliphatic rings. The summed E-state index contributed by atoms with van der Waals surface area (Å²) < 4.78 is 15.2. The van der Waals surface area contributed by atoms with E-state index < -0.39 is 5.97 Å². The number of ether oxygens (including phenoxy) is 3. The van der Waals surface area contributed by atoms with Crippen molar-refractivity contribution in [1.82, 2.24) is 4.98 Å². The Hall–Kier alpha value is -2.56. The summed E-state index contributed by atoms with van der Waals surface area (Å²) in [6, 6.07) is 9.11. The predicted molar refractivity (Wildman–Crippen MR) is 67.1 cm³/mol. The number of aromatic nitrogens is 1. The number of hydrogen-bond acceptors (Lipinski definition) is 5. The Kier molecular flexibility index (Phi) is 2.79. The van der Waals surface area contributed by atoms with Gasteiger partial charge in [-0.3, -0.25) is 0 Å². The molecule has 0 N–H and O–H groups in total. The van der Waals surface area contributed by atoms with Crippen LogP contribution in [0.2, 0.25) is 0 Å². The Balaban J connectivity index is 1.92. The molecule has 1 aromatic heterocycles. The monoisotopic (exact) mass is 257 g/mol. The van der Waals surface area contributed by atoms with Crippen LogP contribution in [0.15, 0.2) is 36.5 Å². The number of fused-ring (bicyclic) bond motifs is 1. The van der Waals surface area contributed by atoms with Crippen molar-refractivity contribution in [2.75, 3.05) is 13.9 Å². The van der Waals surface area contributed by atoms with Gasteiger partial charge in [0.1, 0.15) is 5.69 Å². The summed E-state index contributed by atoms with van der Waals surface area (Å²) >= 11 is 0. The molecule has 5 nitrogen and oxygen atoms in total. The maximum Gasteiger partial charge on any atom is 0.356 e. The molecule has 3 rings (SSSR count). The Morgan fingerprint density at radius 2 is 1.95 bits per heavy atom. The normalized spacial score (nSPS) is 12.3. The van der Waals surface area contributed by atoms with Gasteiger partial charge in [0.15, 0.2) is 11.5 Å². The van der Waals surface area contributed by atoms with Crippen molar-refractivity contribution in [2.45, 2.75) is 0 Å². The molecule has 0 radical (unpaired) electrons. The van der Waals surface area contributed by atoms with Crippen molar-refractivity contribution in [3.05, 3.63) is 42.2 Å². The molecule has 0 saturated carbocycles. The standard InChI is InChI=1S/C14H11NO4/c1-17-14(16)11-4-2-10(7-15-11)9-3-5-12-13(6-9)19-8-18-12/h2-7H,8H2,1H3. The summed E-state index contributed by atoms with van der Waals surface area (Å²) in [6.07, 6.45) is 1.63. The second-order valence-electron chi connectivity index (χ2n) is 3.99. The van der Waals surface area contributed by atoms with Crippen molar-refractivity contribution in [3.63, 3.8) is 0 Å². The molecule has 19 heavy (non-hydrogen) atoms. The fourth-order valence-corrected chi connectivity index (χ4v) is 1.87. The van der Waals surface area contributed by atoms with E-state index in [1.54, 1.807) is 12.3 Å². The fourth-order valence-electron chi connectivity index (χ4n) is 1.87. The van der Waals surface area contributed by atoms with E-state index in [9.17, 15) is 4.79 Å². The first kappa shape index (κ1) is 11.5. The second kappa shape index (κ2) is 4.61. The van der Waals surface area contributed by atoms with Crippen molar-refractivity contribution < 1.29 is 19.0 Å². The topological polar surface area (TPSA) is 57.7 Å². The maximum atomic E-state index is 11.3. The van der Waals surface area contributed by atoms with Gasteiger partial charge in [0.25, 0.3) is 0 Å². The van der Waals surface area contributed by atoms with Crippen molar-refractivity contribution in [1.29, 1.82) is 0 Å². The molecule has 0 saturated heterocycles. The number of carbonyl (C=O) groups excluding carboxylic acids is 1. The number of rotatable bonds is 2. The van der Waals surface area contributed by atoms with Gasteiger partial charge in [0.2, 0.25) is 6.79 Å². The minimum Gasteiger partial charge on any atom is -0.464 e. The first-order chi connectivity index (χ1) is 9.28. The molecular formula is C14H11NO4. The number of hydrogen-bond donors (Lipinski definition) is 0. The third-order valence-electron chi connectivity index (χ3n) is 2.86.